The van der Waals surface area contributed by atoms with Crippen molar-refractivity contribution in [3.05, 3.63) is 90.4 Å². The topological polar surface area (TPSA) is 94.3 Å². The van der Waals surface area contributed by atoms with Gasteiger partial charge in [-0.3, -0.25) is 0 Å². The Kier molecular flexibility index (Phi) is 4.78. The van der Waals surface area contributed by atoms with E-state index in [2.05, 4.69) is 59.4 Å². The summed E-state index contributed by atoms with van der Waals surface area (Å²) in [4.78, 5) is 9.08. The van der Waals surface area contributed by atoms with Crippen LogP contribution in [0.4, 0.5) is 11.6 Å². The van der Waals surface area contributed by atoms with E-state index in [4.69, 9.17) is 0 Å². The van der Waals surface area contributed by atoms with Crippen LogP contribution in [0.1, 0.15) is 0 Å². The molecule has 0 atom stereocenters. The second-order valence-electron chi connectivity index (χ2n) is 7.31. The predicted octanol–water partition coefficient (Wildman–Crippen LogP) is 5.14. The monoisotopic (exact) mass is 448 g/mol. The Labute approximate surface area is 192 Å². The van der Waals surface area contributed by atoms with Crippen molar-refractivity contribution < 1.29 is 0 Å². The summed E-state index contributed by atoms with van der Waals surface area (Å²) in [6.07, 6.45) is 1.67. The SMILES string of the molecule is c1ccc(-c2cccc(Nc3ncc4nnn(-c5ccc(-c6csnn6)cc5)c4n3)c2)cc1. The molecule has 8 nitrogen and oxygen atoms in total. The standard InChI is InChI=1S/C24H16N8S/c1-2-5-16(6-3-1)18-7-4-8-19(13-18)26-24-25-14-21-23(27-24)32(30-28-21)20-11-9-17(10-12-20)22-15-33-31-29-22/h1-15H,(H,25,26,27). The van der Waals surface area contributed by atoms with Gasteiger partial charge in [0.05, 0.1) is 11.9 Å². The average molecular weight is 449 g/mol. The molecule has 6 rings (SSSR count). The molecule has 3 heterocycles. The maximum atomic E-state index is 4.68. The van der Waals surface area contributed by atoms with Gasteiger partial charge in [-0.05, 0) is 46.9 Å². The largest absolute Gasteiger partial charge is 0.324 e. The lowest BCUT2D eigenvalue weighted by Gasteiger charge is -2.08. The summed E-state index contributed by atoms with van der Waals surface area (Å²) in [6, 6.07) is 26.3. The molecular formula is C24H16N8S. The Morgan fingerprint density at radius 3 is 2.45 bits per heavy atom. The van der Waals surface area contributed by atoms with Crippen molar-refractivity contribution in [1.82, 2.24) is 34.5 Å². The molecule has 9 heteroatoms. The molecule has 158 valence electrons. The van der Waals surface area contributed by atoms with Crippen LogP contribution in [0.25, 0.3) is 39.2 Å². The van der Waals surface area contributed by atoms with Crippen molar-refractivity contribution in [1.29, 1.82) is 0 Å². The number of rotatable bonds is 5. The molecule has 0 saturated heterocycles. The minimum absolute atomic E-state index is 0.474. The summed E-state index contributed by atoms with van der Waals surface area (Å²) in [5, 5.41) is 17.8. The fraction of sp³-hybridized carbons (Fsp3) is 0. The summed E-state index contributed by atoms with van der Waals surface area (Å²) in [6.45, 7) is 0. The van der Waals surface area contributed by atoms with E-state index in [0.29, 0.717) is 17.1 Å². The van der Waals surface area contributed by atoms with E-state index in [1.807, 2.05) is 60.0 Å². The smallest absolute Gasteiger partial charge is 0.229 e. The fourth-order valence-corrected chi connectivity index (χ4v) is 4.03. The molecule has 0 bridgehead atoms. The number of benzene rings is 3. The zero-order valence-corrected chi connectivity index (χ0v) is 18.0. The maximum absolute atomic E-state index is 4.68. The number of hydrogen-bond acceptors (Lipinski definition) is 8. The van der Waals surface area contributed by atoms with Gasteiger partial charge in [0, 0.05) is 16.6 Å². The molecule has 0 spiro atoms. The Morgan fingerprint density at radius 2 is 1.64 bits per heavy atom. The summed E-state index contributed by atoms with van der Waals surface area (Å²) in [5.41, 5.74) is 7.09. The molecule has 0 fully saturated rings. The van der Waals surface area contributed by atoms with Gasteiger partial charge in [-0.2, -0.15) is 9.67 Å². The zero-order valence-electron chi connectivity index (χ0n) is 17.2. The van der Waals surface area contributed by atoms with Crippen molar-refractivity contribution in [2.24, 2.45) is 0 Å². The molecule has 3 aromatic heterocycles. The van der Waals surface area contributed by atoms with Crippen LogP contribution in [0.3, 0.4) is 0 Å². The Balaban J connectivity index is 1.31. The second-order valence-corrected chi connectivity index (χ2v) is 7.92. The average Bonchev–Trinajstić information content (AvgIpc) is 3.55. The molecular weight excluding hydrogens is 432 g/mol. The lowest BCUT2D eigenvalue weighted by atomic mass is 10.1. The van der Waals surface area contributed by atoms with Gasteiger partial charge in [0.25, 0.3) is 0 Å². The molecule has 0 amide bonds. The first kappa shape index (κ1) is 19.2. The van der Waals surface area contributed by atoms with Gasteiger partial charge in [0.1, 0.15) is 5.69 Å². The van der Waals surface area contributed by atoms with Crippen LogP contribution in [0.5, 0.6) is 0 Å². The first-order chi connectivity index (χ1) is 16.3. The first-order valence-corrected chi connectivity index (χ1v) is 11.1. The highest BCUT2D eigenvalue weighted by Crippen LogP contribution is 2.25. The number of anilines is 2. The number of fused-ring (bicyclic) bond motifs is 1. The predicted molar refractivity (Wildman–Crippen MR) is 129 cm³/mol. The summed E-state index contributed by atoms with van der Waals surface area (Å²) < 4.78 is 5.62. The van der Waals surface area contributed by atoms with E-state index in [1.54, 1.807) is 10.9 Å². The Morgan fingerprint density at radius 1 is 0.788 bits per heavy atom. The van der Waals surface area contributed by atoms with Crippen LogP contribution in [-0.2, 0) is 0 Å². The molecule has 0 unspecified atom stereocenters. The van der Waals surface area contributed by atoms with Crippen molar-refractivity contribution in [3.63, 3.8) is 0 Å². The minimum atomic E-state index is 0.474. The summed E-state index contributed by atoms with van der Waals surface area (Å²) >= 11 is 1.33. The zero-order chi connectivity index (χ0) is 22.0. The fourth-order valence-electron chi connectivity index (χ4n) is 3.56. The second kappa shape index (κ2) is 8.21. The van der Waals surface area contributed by atoms with E-state index in [-0.39, 0.29) is 0 Å². The van der Waals surface area contributed by atoms with E-state index in [0.717, 1.165) is 33.8 Å². The normalized spacial score (nSPS) is 11.0. The number of hydrogen-bond donors (Lipinski definition) is 1. The molecule has 0 saturated carbocycles. The maximum Gasteiger partial charge on any atom is 0.229 e. The first-order valence-electron chi connectivity index (χ1n) is 10.2. The van der Waals surface area contributed by atoms with E-state index < -0.39 is 0 Å². The third-order valence-electron chi connectivity index (χ3n) is 5.19. The highest BCUT2D eigenvalue weighted by molar-refractivity contribution is 7.03. The van der Waals surface area contributed by atoms with Crippen LogP contribution in [-0.4, -0.2) is 34.5 Å². The van der Waals surface area contributed by atoms with Gasteiger partial charge < -0.3 is 5.32 Å². The minimum Gasteiger partial charge on any atom is -0.324 e. The highest BCUT2D eigenvalue weighted by Gasteiger charge is 2.11. The summed E-state index contributed by atoms with van der Waals surface area (Å²) in [5.74, 6) is 0.474. The van der Waals surface area contributed by atoms with Gasteiger partial charge in [0.2, 0.25) is 5.95 Å². The summed E-state index contributed by atoms with van der Waals surface area (Å²) in [7, 11) is 0. The molecule has 1 N–H and O–H groups in total. The van der Waals surface area contributed by atoms with Gasteiger partial charge in [-0.25, -0.2) is 4.98 Å². The number of aromatic nitrogens is 7. The van der Waals surface area contributed by atoms with Crippen molar-refractivity contribution in [2.75, 3.05) is 5.32 Å². The molecule has 0 aliphatic rings. The third kappa shape index (κ3) is 3.81. The Hall–Kier alpha value is -4.50. The van der Waals surface area contributed by atoms with Crippen molar-refractivity contribution in [3.8, 4) is 28.1 Å². The van der Waals surface area contributed by atoms with Gasteiger partial charge in [0.15, 0.2) is 11.2 Å². The van der Waals surface area contributed by atoms with Crippen LogP contribution in [0.2, 0.25) is 0 Å². The molecule has 6 aromatic rings. The lowest BCUT2D eigenvalue weighted by Crippen LogP contribution is -2.01. The molecule has 0 aliphatic carbocycles. The third-order valence-corrected chi connectivity index (χ3v) is 5.69. The highest BCUT2D eigenvalue weighted by atomic mass is 32.1. The Bertz CT molecular complexity index is 1530. The van der Waals surface area contributed by atoms with Crippen LogP contribution in [0.15, 0.2) is 90.4 Å². The van der Waals surface area contributed by atoms with Gasteiger partial charge in [-0.15, -0.1) is 10.2 Å². The molecule has 3 aromatic carbocycles. The van der Waals surface area contributed by atoms with Gasteiger partial charge >= 0.3 is 0 Å². The van der Waals surface area contributed by atoms with Crippen molar-refractivity contribution >= 4 is 34.3 Å². The molecule has 0 aliphatic heterocycles. The molecule has 33 heavy (non-hydrogen) atoms. The van der Waals surface area contributed by atoms with Crippen LogP contribution >= 0.6 is 11.5 Å². The van der Waals surface area contributed by atoms with Crippen molar-refractivity contribution in [2.45, 2.75) is 0 Å². The molecule has 0 radical (unpaired) electrons. The van der Waals surface area contributed by atoms with E-state index >= 15 is 0 Å². The van der Waals surface area contributed by atoms with E-state index in [1.165, 1.54) is 11.5 Å². The number of nitrogens with one attached hydrogen (secondary N) is 1. The number of nitrogens with zero attached hydrogens (tertiary/aromatic N) is 7. The lowest BCUT2D eigenvalue weighted by molar-refractivity contribution is 0.817. The van der Waals surface area contributed by atoms with Gasteiger partial charge in [-0.1, -0.05) is 64.3 Å². The van der Waals surface area contributed by atoms with Crippen LogP contribution in [0, 0.1) is 0 Å². The quantitative estimate of drug-likeness (QED) is 0.390. The van der Waals surface area contributed by atoms with E-state index in [9.17, 15) is 0 Å². The van der Waals surface area contributed by atoms with Crippen LogP contribution < -0.4 is 5.32 Å².